The maximum Gasteiger partial charge on any atom is 0.227 e. The van der Waals surface area contributed by atoms with Gasteiger partial charge in [-0.1, -0.05) is 29.3 Å². The minimum Gasteiger partial charge on any atom is -0.491 e. The summed E-state index contributed by atoms with van der Waals surface area (Å²) in [7, 11) is 0. The molecule has 2 aromatic carbocycles. The van der Waals surface area contributed by atoms with Gasteiger partial charge in [-0.3, -0.25) is 9.69 Å². The third-order valence-corrected chi connectivity index (χ3v) is 6.41. The lowest BCUT2D eigenvalue weighted by atomic mass is 10.1. The molecule has 186 valence electrons. The molecule has 2 aliphatic rings. The molecule has 1 fully saturated rings. The van der Waals surface area contributed by atoms with Gasteiger partial charge in [0.05, 0.1) is 24.5 Å². The topological polar surface area (TPSA) is 69.1 Å². The zero-order chi connectivity index (χ0) is 25.1. The molecule has 3 aromatic rings. The number of aromatic nitrogens is 2. The van der Waals surface area contributed by atoms with Crippen LogP contribution in [0, 0.1) is 0 Å². The van der Waals surface area contributed by atoms with Crippen LogP contribution >= 0.6 is 23.2 Å². The fraction of sp³-hybridized carbons (Fsp3) is 0.231. The van der Waals surface area contributed by atoms with Crippen LogP contribution in [0.4, 0.5) is 5.69 Å². The van der Waals surface area contributed by atoms with Gasteiger partial charge in [0.1, 0.15) is 18.5 Å². The van der Waals surface area contributed by atoms with Gasteiger partial charge in [0.2, 0.25) is 11.7 Å². The zero-order valence-electron chi connectivity index (χ0n) is 19.5. The van der Waals surface area contributed by atoms with Crippen LogP contribution in [0.15, 0.2) is 86.0 Å². The zero-order valence-corrected chi connectivity index (χ0v) is 21.0. The van der Waals surface area contributed by atoms with Gasteiger partial charge in [-0.25, -0.2) is 4.98 Å². The lowest BCUT2D eigenvalue weighted by Gasteiger charge is -2.30. The van der Waals surface area contributed by atoms with E-state index in [0.717, 1.165) is 5.69 Å². The van der Waals surface area contributed by atoms with E-state index in [1.54, 1.807) is 37.1 Å². The number of amides is 1. The summed E-state index contributed by atoms with van der Waals surface area (Å²) in [5.41, 5.74) is 1.63. The summed E-state index contributed by atoms with van der Waals surface area (Å²) >= 11 is 12.6. The van der Waals surface area contributed by atoms with Crippen molar-refractivity contribution in [3.63, 3.8) is 0 Å². The van der Waals surface area contributed by atoms with Gasteiger partial charge in [0, 0.05) is 60.4 Å². The monoisotopic (exact) mass is 526 g/mol. The third-order valence-electron chi connectivity index (χ3n) is 5.86. The number of hydrogen-bond acceptors (Lipinski definition) is 6. The van der Waals surface area contributed by atoms with E-state index in [0.29, 0.717) is 41.1 Å². The van der Waals surface area contributed by atoms with Crippen molar-refractivity contribution in [3.05, 3.63) is 102 Å². The molecule has 2 aliphatic heterocycles. The lowest BCUT2D eigenvalue weighted by molar-refractivity contribution is -0.189. The summed E-state index contributed by atoms with van der Waals surface area (Å²) in [6.45, 7) is 2.52. The van der Waals surface area contributed by atoms with Crippen molar-refractivity contribution in [1.82, 2.24) is 14.5 Å². The fourth-order valence-electron chi connectivity index (χ4n) is 4.05. The molecule has 0 saturated carbocycles. The number of halogens is 2. The molecule has 0 radical (unpaired) electrons. The van der Waals surface area contributed by atoms with Crippen LogP contribution in [0.3, 0.4) is 0 Å². The minimum atomic E-state index is -1.10. The van der Waals surface area contributed by atoms with Crippen LogP contribution in [0.5, 0.6) is 5.75 Å². The van der Waals surface area contributed by atoms with E-state index in [1.165, 1.54) is 11.8 Å². The fourth-order valence-corrected chi connectivity index (χ4v) is 4.60. The van der Waals surface area contributed by atoms with E-state index in [9.17, 15) is 4.79 Å². The SMILES string of the molecule is CC(=O)N1C=CN(c2ccc(OC[C@H]3CO[C@](Cn4ccnc4)(c4ccc(Cl)cc4Cl)O3)cc2)C=C1. The van der Waals surface area contributed by atoms with Crippen molar-refractivity contribution in [1.29, 1.82) is 0 Å². The Morgan fingerprint density at radius 3 is 2.58 bits per heavy atom. The molecule has 1 saturated heterocycles. The predicted molar refractivity (Wildman–Crippen MR) is 136 cm³/mol. The van der Waals surface area contributed by atoms with E-state index in [-0.39, 0.29) is 12.0 Å². The standard InChI is InChI=1S/C26H24Cl2N4O4/c1-19(33)31-10-12-32(13-11-31)21-3-5-22(6-4-21)34-15-23-16-35-26(36-23,17-30-9-8-29-18-30)24-7-2-20(27)14-25(24)28/h2-14,18,23H,15-17H2,1H3/t23-,26-/m0/s1. The van der Waals surface area contributed by atoms with Gasteiger partial charge >= 0.3 is 0 Å². The third kappa shape index (κ3) is 5.27. The number of imidazole rings is 1. The molecule has 3 heterocycles. The van der Waals surface area contributed by atoms with E-state index >= 15 is 0 Å². The minimum absolute atomic E-state index is 0.0450. The molecule has 0 unspecified atom stereocenters. The predicted octanol–water partition coefficient (Wildman–Crippen LogP) is 5.15. The number of carbonyl (C=O) groups is 1. The molecule has 0 spiro atoms. The average molecular weight is 527 g/mol. The number of benzene rings is 2. The number of rotatable bonds is 7. The maximum absolute atomic E-state index is 11.5. The largest absolute Gasteiger partial charge is 0.491 e. The molecular weight excluding hydrogens is 503 g/mol. The highest BCUT2D eigenvalue weighted by atomic mass is 35.5. The molecular formula is C26H24Cl2N4O4. The molecule has 5 rings (SSSR count). The first-order chi connectivity index (χ1) is 17.4. The second-order valence-corrected chi connectivity index (χ2v) is 9.24. The number of nitrogens with zero attached hydrogens (tertiary/aromatic N) is 4. The van der Waals surface area contributed by atoms with Crippen LogP contribution in [-0.4, -0.2) is 39.7 Å². The van der Waals surface area contributed by atoms with E-state index < -0.39 is 5.79 Å². The van der Waals surface area contributed by atoms with E-state index in [4.69, 9.17) is 37.4 Å². The van der Waals surface area contributed by atoms with E-state index in [2.05, 4.69) is 4.98 Å². The normalized spacial score (nSPS) is 21.2. The summed E-state index contributed by atoms with van der Waals surface area (Å²) in [6.07, 6.45) is 12.0. The van der Waals surface area contributed by atoms with Crippen molar-refractivity contribution >= 4 is 34.8 Å². The molecule has 36 heavy (non-hydrogen) atoms. The van der Waals surface area contributed by atoms with Gasteiger partial charge < -0.3 is 23.7 Å². The average Bonchev–Trinajstić information content (AvgIpc) is 3.54. The summed E-state index contributed by atoms with van der Waals surface area (Å²) in [5.74, 6) is -0.438. The molecule has 0 N–H and O–H groups in total. The van der Waals surface area contributed by atoms with Gasteiger partial charge in [0.15, 0.2) is 0 Å². The highest BCUT2D eigenvalue weighted by Crippen LogP contribution is 2.40. The molecule has 8 nitrogen and oxygen atoms in total. The Morgan fingerprint density at radius 2 is 1.92 bits per heavy atom. The van der Waals surface area contributed by atoms with Crippen molar-refractivity contribution < 1.29 is 19.0 Å². The van der Waals surface area contributed by atoms with Gasteiger partial charge in [-0.05, 0) is 36.4 Å². The summed E-state index contributed by atoms with van der Waals surface area (Å²) in [5, 5.41) is 1.00. The summed E-state index contributed by atoms with van der Waals surface area (Å²) < 4.78 is 20.5. The number of anilines is 1. The summed E-state index contributed by atoms with van der Waals surface area (Å²) in [6, 6.07) is 12.9. The second-order valence-electron chi connectivity index (χ2n) is 8.40. The lowest BCUT2D eigenvalue weighted by Crippen LogP contribution is -2.34. The van der Waals surface area contributed by atoms with Crippen molar-refractivity contribution in [2.75, 3.05) is 18.1 Å². The molecule has 0 aliphatic carbocycles. The Kier molecular flexibility index (Phi) is 7.02. The molecule has 0 bridgehead atoms. The van der Waals surface area contributed by atoms with Gasteiger partial charge in [-0.2, -0.15) is 0 Å². The van der Waals surface area contributed by atoms with Gasteiger partial charge in [-0.15, -0.1) is 0 Å². The second kappa shape index (κ2) is 10.4. The first kappa shape index (κ1) is 24.4. The maximum atomic E-state index is 11.5. The van der Waals surface area contributed by atoms with Crippen LogP contribution in [-0.2, 0) is 26.6 Å². The number of hydrogen-bond donors (Lipinski definition) is 0. The molecule has 1 amide bonds. The van der Waals surface area contributed by atoms with Crippen molar-refractivity contribution in [3.8, 4) is 5.75 Å². The Labute approximate surface area is 218 Å². The Hall–Kier alpha value is -3.30. The summed E-state index contributed by atoms with van der Waals surface area (Å²) in [4.78, 5) is 19.0. The van der Waals surface area contributed by atoms with Crippen LogP contribution in [0.2, 0.25) is 10.0 Å². The highest BCUT2D eigenvalue weighted by molar-refractivity contribution is 6.35. The highest BCUT2D eigenvalue weighted by Gasteiger charge is 2.45. The van der Waals surface area contributed by atoms with Crippen LogP contribution < -0.4 is 9.64 Å². The quantitative estimate of drug-likeness (QED) is 0.424. The number of ether oxygens (including phenoxy) is 3. The molecule has 10 heteroatoms. The molecule has 1 aromatic heterocycles. The van der Waals surface area contributed by atoms with Gasteiger partial charge in [0.25, 0.3) is 0 Å². The smallest absolute Gasteiger partial charge is 0.227 e. The van der Waals surface area contributed by atoms with Crippen molar-refractivity contribution in [2.45, 2.75) is 25.4 Å². The first-order valence-electron chi connectivity index (χ1n) is 11.3. The number of carbonyl (C=O) groups excluding carboxylic acids is 1. The van der Waals surface area contributed by atoms with Crippen LogP contribution in [0.25, 0.3) is 0 Å². The van der Waals surface area contributed by atoms with E-state index in [1.807, 2.05) is 58.4 Å². The Bertz CT molecular complexity index is 1270. The van der Waals surface area contributed by atoms with Crippen LogP contribution in [0.1, 0.15) is 12.5 Å². The molecule has 2 atom stereocenters. The Balaban J connectivity index is 1.24. The first-order valence-corrected chi connectivity index (χ1v) is 12.1. The van der Waals surface area contributed by atoms with Crippen molar-refractivity contribution in [2.24, 2.45) is 0 Å². The Morgan fingerprint density at radius 1 is 1.14 bits per heavy atom.